The molecular weight excluding hydrogens is 360 g/mol. The Labute approximate surface area is 158 Å². The Bertz CT molecular complexity index is 1190. The van der Waals surface area contributed by atoms with Gasteiger partial charge in [0, 0.05) is 6.42 Å². The average molecular weight is 376 g/mol. The number of rotatable bonds is 2. The van der Waals surface area contributed by atoms with Crippen LogP contribution in [0.2, 0.25) is 0 Å². The van der Waals surface area contributed by atoms with Gasteiger partial charge in [-0.2, -0.15) is 4.98 Å². The first kappa shape index (κ1) is 17.4. The van der Waals surface area contributed by atoms with Crippen LogP contribution in [0.5, 0.6) is 0 Å². The van der Waals surface area contributed by atoms with Gasteiger partial charge < -0.3 is 16.5 Å². The van der Waals surface area contributed by atoms with Gasteiger partial charge in [-0.1, -0.05) is 30.3 Å². The number of nitrogens with two attached hydrogens (primary N) is 2. The summed E-state index contributed by atoms with van der Waals surface area (Å²) >= 11 is 0. The summed E-state index contributed by atoms with van der Waals surface area (Å²) in [5.41, 5.74) is 12.8. The van der Waals surface area contributed by atoms with E-state index < -0.39 is 5.66 Å². The third kappa shape index (κ3) is 3.33. The molecule has 11 nitrogen and oxygen atoms in total. The van der Waals surface area contributed by atoms with Crippen LogP contribution < -0.4 is 17.0 Å². The molecule has 2 aliphatic rings. The van der Waals surface area contributed by atoms with E-state index in [1.807, 2.05) is 30.3 Å². The van der Waals surface area contributed by atoms with Crippen LogP contribution in [0.1, 0.15) is 5.56 Å². The highest BCUT2D eigenvalue weighted by molar-refractivity contribution is 6.50. The molecule has 0 saturated carbocycles. The van der Waals surface area contributed by atoms with Gasteiger partial charge in [-0.05, 0) is 5.56 Å². The molecule has 0 fully saturated rings. The molecule has 3 aromatic rings. The number of hydrogen-bond acceptors (Lipinski definition) is 9. The van der Waals surface area contributed by atoms with Crippen LogP contribution in [-0.2, 0) is 6.42 Å². The lowest BCUT2D eigenvalue weighted by molar-refractivity contribution is 0.597. The summed E-state index contributed by atoms with van der Waals surface area (Å²) in [6.07, 6.45) is 4.91. The summed E-state index contributed by atoms with van der Waals surface area (Å²) in [7, 11) is 0. The van der Waals surface area contributed by atoms with Crippen molar-refractivity contribution in [2.75, 3.05) is 5.73 Å². The van der Waals surface area contributed by atoms with Crippen molar-refractivity contribution >= 4 is 41.3 Å². The van der Waals surface area contributed by atoms with Gasteiger partial charge in [-0.15, -0.1) is 0 Å². The van der Waals surface area contributed by atoms with Crippen LogP contribution in [0.15, 0.2) is 61.4 Å². The van der Waals surface area contributed by atoms with Crippen LogP contribution in [0.25, 0.3) is 11.2 Å². The van der Waals surface area contributed by atoms with E-state index in [9.17, 15) is 4.79 Å². The molecule has 0 radical (unpaired) electrons. The molecule has 0 amide bonds. The number of hydrogen-bond donors (Lipinski definition) is 4. The lowest BCUT2D eigenvalue weighted by atomic mass is 9.95. The molecule has 2 aromatic heterocycles. The van der Waals surface area contributed by atoms with Crippen LogP contribution in [0.4, 0.5) is 5.95 Å². The number of nitrogens with zero attached hydrogens (tertiary/aromatic N) is 6. The van der Waals surface area contributed by atoms with Gasteiger partial charge in [0.25, 0.3) is 5.56 Å². The average Bonchev–Trinajstić information content (AvgIpc) is 3.33. The van der Waals surface area contributed by atoms with Gasteiger partial charge in [0.15, 0.2) is 22.7 Å². The fourth-order valence-electron chi connectivity index (χ4n) is 2.80. The molecule has 0 spiro atoms. The standard InChI is InChI=1S/C12H11N5.C5H5N5O/c13-12(6-9-4-2-1-3-5-9)10-11(15-7-14-10)16-8-17-12;6-5-9-3-2(4(11)10-5)7-1-8-3/h1-5,7-8H,6,13H2;1H,(H4,6,7,8,9,10,11). The Hall–Kier alpha value is -3.99. The molecule has 0 aliphatic carbocycles. The quantitative estimate of drug-likeness (QED) is 0.492. The molecule has 5 rings (SSSR count). The first-order valence-electron chi connectivity index (χ1n) is 8.29. The van der Waals surface area contributed by atoms with Crippen LogP contribution >= 0.6 is 0 Å². The maximum atomic E-state index is 11.0. The van der Waals surface area contributed by atoms with E-state index >= 15 is 0 Å². The van der Waals surface area contributed by atoms with Crippen molar-refractivity contribution in [3.63, 3.8) is 0 Å². The molecular formula is C17H16N10O. The zero-order valence-corrected chi connectivity index (χ0v) is 14.6. The number of aromatic amines is 2. The van der Waals surface area contributed by atoms with Gasteiger partial charge in [-0.25, -0.2) is 25.0 Å². The van der Waals surface area contributed by atoms with Crippen LogP contribution in [0.3, 0.4) is 0 Å². The van der Waals surface area contributed by atoms with Crippen molar-refractivity contribution in [1.29, 1.82) is 0 Å². The van der Waals surface area contributed by atoms with Gasteiger partial charge in [-0.3, -0.25) is 9.78 Å². The lowest BCUT2D eigenvalue weighted by Gasteiger charge is -2.26. The molecule has 6 N–H and O–H groups in total. The molecule has 2 aliphatic heterocycles. The zero-order valence-electron chi connectivity index (χ0n) is 14.6. The predicted octanol–water partition coefficient (Wildman–Crippen LogP) is 0.0358. The van der Waals surface area contributed by atoms with Crippen LogP contribution in [0, 0.1) is 0 Å². The first-order valence-corrected chi connectivity index (χ1v) is 8.29. The van der Waals surface area contributed by atoms with E-state index in [0.717, 1.165) is 5.56 Å². The largest absolute Gasteiger partial charge is 0.369 e. The molecule has 28 heavy (non-hydrogen) atoms. The number of benzene rings is 1. The smallest absolute Gasteiger partial charge is 0.278 e. The number of anilines is 1. The molecule has 1 unspecified atom stereocenters. The Morgan fingerprint density at radius 2 is 1.93 bits per heavy atom. The molecule has 11 heteroatoms. The van der Waals surface area contributed by atoms with E-state index in [2.05, 4.69) is 39.9 Å². The number of fused-ring (bicyclic) bond motifs is 2. The Morgan fingerprint density at radius 1 is 1.11 bits per heavy atom. The highest BCUT2D eigenvalue weighted by Gasteiger charge is 2.37. The molecule has 1 aromatic carbocycles. The van der Waals surface area contributed by atoms with E-state index in [0.29, 0.717) is 29.1 Å². The molecule has 1 atom stereocenters. The summed E-state index contributed by atoms with van der Waals surface area (Å²) in [4.78, 5) is 40.1. The van der Waals surface area contributed by atoms with E-state index in [-0.39, 0.29) is 11.5 Å². The Balaban J connectivity index is 0.000000151. The second-order valence-electron chi connectivity index (χ2n) is 6.06. The zero-order chi connectivity index (χ0) is 19.6. The fourth-order valence-corrected chi connectivity index (χ4v) is 2.80. The van der Waals surface area contributed by atoms with Crippen molar-refractivity contribution in [1.82, 2.24) is 19.9 Å². The maximum absolute atomic E-state index is 11.0. The summed E-state index contributed by atoms with van der Waals surface area (Å²) in [5, 5.41) is 0. The molecule has 0 bridgehead atoms. The predicted molar refractivity (Wildman–Crippen MR) is 108 cm³/mol. The Morgan fingerprint density at radius 3 is 2.75 bits per heavy atom. The molecule has 4 heterocycles. The summed E-state index contributed by atoms with van der Waals surface area (Å²) in [5.74, 6) is 0.646. The number of aliphatic imine (C=N–C) groups is 4. The fraction of sp³-hybridized carbons (Fsp3) is 0.118. The number of aromatic nitrogens is 4. The van der Waals surface area contributed by atoms with Crippen molar-refractivity contribution in [3.8, 4) is 0 Å². The third-order valence-corrected chi connectivity index (χ3v) is 4.09. The SMILES string of the molecule is NC1(Cc2ccccc2)N=CN=C2N=CN=C21.Nc1nc2nc[nH]c2c(=O)[nH]1. The minimum Gasteiger partial charge on any atom is -0.369 e. The number of amidine groups is 1. The normalized spacial score (nSPS) is 19.6. The number of nitrogen functional groups attached to an aromatic ring is 1. The minimum absolute atomic E-state index is 0.0783. The summed E-state index contributed by atoms with van der Waals surface area (Å²) in [6.45, 7) is 0. The minimum atomic E-state index is -0.852. The van der Waals surface area contributed by atoms with E-state index in [1.54, 1.807) is 0 Å². The van der Waals surface area contributed by atoms with E-state index in [4.69, 9.17) is 11.5 Å². The number of imidazole rings is 1. The van der Waals surface area contributed by atoms with Gasteiger partial charge >= 0.3 is 0 Å². The highest BCUT2D eigenvalue weighted by atomic mass is 16.1. The summed E-state index contributed by atoms with van der Waals surface area (Å²) < 4.78 is 0. The van der Waals surface area contributed by atoms with Crippen molar-refractivity contribution in [2.24, 2.45) is 25.7 Å². The van der Waals surface area contributed by atoms with E-state index in [1.165, 1.54) is 19.0 Å². The van der Waals surface area contributed by atoms with Gasteiger partial charge in [0.1, 0.15) is 18.4 Å². The topological polar surface area (TPSA) is 176 Å². The molecule has 140 valence electrons. The van der Waals surface area contributed by atoms with Crippen molar-refractivity contribution in [2.45, 2.75) is 12.1 Å². The second-order valence-corrected chi connectivity index (χ2v) is 6.06. The lowest BCUT2D eigenvalue weighted by Crippen LogP contribution is -2.52. The Kier molecular flexibility index (Phi) is 4.33. The van der Waals surface area contributed by atoms with Crippen molar-refractivity contribution < 1.29 is 0 Å². The second kappa shape index (κ2) is 6.96. The van der Waals surface area contributed by atoms with Gasteiger partial charge in [0.2, 0.25) is 5.95 Å². The summed E-state index contributed by atoms with van der Waals surface area (Å²) in [6, 6.07) is 9.97. The monoisotopic (exact) mass is 376 g/mol. The maximum Gasteiger partial charge on any atom is 0.278 e. The number of nitrogens with one attached hydrogen (secondary N) is 2. The first-order chi connectivity index (χ1) is 13.5. The highest BCUT2D eigenvalue weighted by Crippen LogP contribution is 2.20. The van der Waals surface area contributed by atoms with Gasteiger partial charge in [0.05, 0.1) is 6.33 Å². The number of H-pyrrole nitrogens is 2. The van der Waals surface area contributed by atoms with Crippen molar-refractivity contribution in [3.05, 3.63) is 52.6 Å². The third-order valence-electron chi connectivity index (χ3n) is 4.09. The molecule has 0 saturated heterocycles. The van der Waals surface area contributed by atoms with Crippen LogP contribution in [-0.4, -0.2) is 49.8 Å².